The summed E-state index contributed by atoms with van der Waals surface area (Å²) < 4.78 is 41.7. The van der Waals surface area contributed by atoms with Crippen molar-refractivity contribution in [2.24, 2.45) is 11.8 Å². The largest absolute Gasteiger partial charge is 0.392 e. The second kappa shape index (κ2) is 6.16. The molecule has 1 saturated carbocycles. The van der Waals surface area contributed by atoms with Gasteiger partial charge in [-0.25, -0.2) is 4.98 Å². The maximum absolute atomic E-state index is 13.3. The topological polar surface area (TPSA) is 29.9 Å². The van der Waals surface area contributed by atoms with Crippen molar-refractivity contribution in [3.8, 4) is 0 Å². The lowest BCUT2D eigenvalue weighted by Gasteiger charge is -2.37. The Hall–Kier alpha value is -1.04. The van der Waals surface area contributed by atoms with E-state index in [-0.39, 0.29) is 12.5 Å². The van der Waals surface area contributed by atoms with Crippen LogP contribution in [0.25, 0.3) is 0 Å². The van der Waals surface area contributed by atoms with Crippen molar-refractivity contribution in [1.82, 2.24) is 14.9 Å². The van der Waals surface area contributed by atoms with Crippen LogP contribution >= 0.6 is 0 Å². The molecular formula is C14H22F3N3. The summed E-state index contributed by atoms with van der Waals surface area (Å²) in [6.45, 7) is 2.69. The maximum atomic E-state index is 13.3. The number of imidazole rings is 1. The van der Waals surface area contributed by atoms with Crippen LogP contribution in [0.15, 0.2) is 12.4 Å². The molecule has 1 heterocycles. The molecule has 0 aromatic carbocycles. The highest BCUT2D eigenvalue weighted by molar-refractivity contribution is 5.04. The van der Waals surface area contributed by atoms with Crippen LogP contribution in [0.2, 0.25) is 0 Å². The summed E-state index contributed by atoms with van der Waals surface area (Å²) in [6.07, 6.45) is 1.73. The van der Waals surface area contributed by atoms with Crippen LogP contribution in [0.5, 0.6) is 0 Å². The smallest absolute Gasteiger partial charge is 0.334 e. The van der Waals surface area contributed by atoms with Crippen molar-refractivity contribution < 1.29 is 13.2 Å². The minimum Gasteiger partial charge on any atom is -0.334 e. The Morgan fingerprint density at radius 1 is 1.40 bits per heavy atom. The Balaban J connectivity index is 2.29. The van der Waals surface area contributed by atoms with Gasteiger partial charge in [-0.15, -0.1) is 0 Å². The number of rotatable bonds is 4. The van der Waals surface area contributed by atoms with Gasteiger partial charge in [-0.05, 0) is 32.7 Å². The van der Waals surface area contributed by atoms with Crippen molar-refractivity contribution >= 4 is 0 Å². The van der Waals surface area contributed by atoms with Gasteiger partial charge < -0.3 is 9.88 Å². The molecule has 1 aliphatic rings. The van der Waals surface area contributed by atoms with E-state index in [1.165, 1.54) is 0 Å². The van der Waals surface area contributed by atoms with Crippen molar-refractivity contribution in [2.45, 2.75) is 51.4 Å². The molecule has 0 spiro atoms. The van der Waals surface area contributed by atoms with Crippen molar-refractivity contribution in [2.75, 3.05) is 7.05 Å². The molecule has 20 heavy (non-hydrogen) atoms. The van der Waals surface area contributed by atoms with Gasteiger partial charge in [0.05, 0.1) is 12.0 Å². The fourth-order valence-electron chi connectivity index (χ4n) is 3.37. The average Bonchev–Trinajstić information content (AvgIpc) is 2.87. The summed E-state index contributed by atoms with van der Waals surface area (Å²) in [6, 6.07) is -0.336. The highest BCUT2D eigenvalue weighted by Gasteiger charge is 2.48. The van der Waals surface area contributed by atoms with Crippen LogP contribution in [0, 0.1) is 11.8 Å². The summed E-state index contributed by atoms with van der Waals surface area (Å²) in [5.74, 6) is -0.937. The molecule has 3 unspecified atom stereocenters. The van der Waals surface area contributed by atoms with Crippen molar-refractivity contribution in [3.63, 3.8) is 0 Å². The Bertz CT molecular complexity index is 428. The summed E-state index contributed by atoms with van der Waals surface area (Å²) in [4.78, 5) is 4.28. The van der Waals surface area contributed by atoms with Gasteiger partial charge in [0.2, 0.25) is 0 Å². The van der Waals surface area contributed by atoms with Crippen LogP contribution in [-0.2, 0) is 6.54 Å². The van der Waals surface area contributed by atoms with Crippen LogP contribution in [-0.4, -0.2) is 22.8 Å². The zero-order valence-electron chi connectivity index (χ0n) is 12.0. The molecule has 2 rings (SSSR count). The maximum Gasteiger partial charge on any atom is 0.392 e. The number of hydrogen-bond donors (Lipinski definition) is 1. The van der Waals surface area contributed by atoms with Gasteiger partial charge in [-0.3, -0.25) is 0 Å². The SMILES string of the molecule is CCn1ccnc1C(NC)C1CCCCC1C(F)(F)F. The van der Waals surface area contributed by atoms with Gasteiger partial charge in [0.15, 0.2) is 0 Å². The lowest BCUT2D eigenvalue weighted by Crippen LogP contribution is -2.40. The van der Waals surface area contributed by atoms with Gasteiger partial charge in [0, 0.05) is 18.9 Å². The van der Waals surface area contributed by atoms with E-state index < -0.39 is 18.0 Å². The Kier molecular flexibility index (Phi) is 4.73. The van der Waals surface area contributed by atoms with E-state index in [0.717, 1.165) is 18.8 Å². The molecular weight excluding hydrogens is 267 g/mol. The third-order valence-corrected chi connectivity index (χ3v) is 4.35. The van der Waals surface area contributed by atoms with Gasteiger partial charge in [0.25, 0.3) is 0 Å². The summed E-state index contributed by atoms with van der Waals surface area (Å²) in [5, 5.41) is 3.07. The molecule has 1 aliphatic carbocycles. The van der Waals surface area contributed by atoms with Crippen LogP contribution in [0.1, 0.15) is 44.5 Å². The second-order valence-electron chi connectivity index (χ2n) is 5.43. The second-order valence-corrected chi connectivity index (χ2v) is 5.43. The predicted octanol–water partition coefficient (Wildman–Crippen LogP) is 3.53. The number of nitrogens with one attached hydrogen (secondary N) is 1. The van der Waals surface area contributed by atoms with Crippen LogP contribution in [0.4, 0.5) is 13.2 Å². The van der Waals surface area contributed by atoms with Crippen molar-refractivity contribution in [1.29, 1.82) is 0 Å². The highest BCUT2D eigenvalue weighted by Crippen LogP contribution is 2.46. The monoisotopic (exact) mass is 289 g/mol. The quantitative estimate of drug-likeness (QED) is 0.919. The zero-order valence-corrected chi connectivity index (χ0v) is 12.0. The number of aromatic nitrogens is 2. The molecule has 1 aromatic rings. The van der Waals surface area contributed by atoms with E-state index in [2.05, 4.69) is 10.3 Å². The zero-order chi connectivity index (χ0) is 14.8. The molecule has 0 saturated heterocycles. The van der Waals surface area contributed by atoms with E-state index in [1.807, 2.05) is 17.7 Å². The Labute approximate surface area is 117 Å². The van der Waals surface area contributed by atoms with Gasteiger partial charge >= 0.3 is 6.18 Å². The molecule has 3 atom stereocenters. The molecule has 0 amide bonds. The molecule has 0 radical (unpaired) electrons. The molecule has 1 fully saturated rings. The Morgan fingerprint density at radius 2 is 2.10 bits per heavy atom. The summed E-state index contributed by atoms with van der Waals surface area (Å²) in [7, 11) is 1.72. The number of hydrogen-bond acceptors (Lipinski definition) is 2. The predicted molar refractivity (Wildman–Crippen MR) is 71.2 cm³/mol. The molecule has 0 aliphatic heterocycles. The van der Waals surface area contributed by atoms with Gasteiger partial charge in [-0.2, -0.15) is 13.2 Å². The van der Waals surface area contributed by atoms with E-state index in [1.54, 1.807) is 13.2 Å². The third-order valence-electron chi connectivity index (χ3n) is 4.35. The highest BCUT2D eigenvalue weighted by atomic mass is 19.4. The van der Waals surface area contributed by atoms with Gasteiger partial charge in [0.1, 0.15) is 5.82 Å². The van der Waals surface area contributed by atoms with E-state index in [0.29, 0.717) is 12.8 Å². The van der Waals surface area contributed by atoms with Crippen molar-refractivity contribution in [3.05, 3.63) is 18.2 Å². The lowest BCUT2D eigenvalue weighted by atomic mass is 9.74. The molecule has 1 aromatic heterocycles. The first-order valence-electron chi connectivity index (χ1n) is 7.24. The van der Waals surface area contributed by atoms with E-state index in [4.69, 9.17) is 0 Å². The number of alkyl halides is 3. The van der Waals surface area contributed by atoms with Crippen LogP contribution in [0.3, 0.4) is 0 Å². The average molecular weight is 289 g/mol. The Morgan fingerprint density at radius 3 is 2.70 bits per heavy atom. The minimum absolute atomic E-state index is 0.235. The fourth-order valence-corrected chi connectivity index (χ4v) is 3.37. The minimum atomic E-state index is -4.12. The number of halogens is 3. The summed E-state index contributed by atoms with van der Waals surface area (Å²) in [5.41, 5.74) is 0. The molecule has 0 bridgehead atoms. The molecule has 6 heteroatoms. The third kappa shape index (κ3) is 3.00. The number of aryl methyl sites for hydroxylation is 1. The molecule has 1 N–H and O–H groups in total. The van der Waals surface area contributed by atoms with E-state index in [9.17, 15) is 13.2 Å². The first-order valence-corrected chi connectivity index (χ1v) is 7.24. The van der Waals surface area contributed by atoms with Crippen LogP contribution < -0.4 is 5.32 Å². The lowest BCUT2D eigenvalue weighted by molar-refractivity contribution is -0.199. The molecule has 3 nitrogen and oxygen atoms in total. The number of nitrogens with zero attached hydrogens (tertiary/aromatic N) is 2. The first kappa shape index (κ1) is 15.4. The van der Waals surface area contributed by atoms with E-state index >= 15 is 0 Å². The fraction of sp³-hybridized carbons (Fsp3) is 0.786. The normalized spacial score (nSPS) is 25.6. The summed E-state index contributed by atoms with van der Waals surface area (Å²) >= 11 is 0. The van der Waals surface area contributed by atoms with Gasteiger partial charge in [-0.1, -0.05) is 12.8 Å². The standard InChI is InChI=1S/C14H22F3N3/c1-3-20-9-8-19-13(20)12(18-2)10-6-4-5-7-11(10)14(15,16)17/h8-12,18H,3-7H2,1-2H3. The first-order chi connectivity index (χ1) is 9.49. The molecule has 114 valence electrons.